The molecule has 0 unspecified atom stereocenters. The van der Waals surface area contributed by atoms with Crippen molar-refractivity contribution < 1.29 is 9.59 Å². The van der Waals surface area contributed by atoms with Gasteiger partial charge in [0.25, 0.3) is 5.91 Å². The normalized spacial score (nSPS) is 9.88. The first-order valence-electron chi connectivity index (χ1n) is 4.55. The molecular weight excluding hydrogens is 248 g/mol. The third-order valence-electron chi connectivity index (χ3n) is 1.86. The Balaban J connectivity index is 2.63. The van der Waals surface area contributed by atoms with Crippen LogP contribution in [0.2, 0.25) is 5.02 Å². The third-order valence-corrected chi connectivity index (χ3v) is 2.47. The Hall–Kier alpha value is -1.20. The number of amides is 2. The van der Waals surface area contributed by atoms with Gasteiger partial charge in [0, 0.05) is 22.9 Å². The van der Waals surface area contributed by atoms with E-state index in [-0.39, 0.29) is 18.9 Å². The molecule has 0 bridgehead atoms. The molecule has 6 heteroatoms. The predicted molar refractivity (Wildman–Crippen MR) is 64.8 cm³/mol. The lowest BCUT2D eigenvalue weighted by Gasteiger charge is -2.06. The fourth-order valence-corrected chi connectivity index (χ4v) is 1.65. The molecule has 0 spiro atoms. The van der Waals surface area contributed by atoms with Gasteiger partial charge in [-0.1, -0.05) is 11.6 Å². The molecular formula is C10H11ClN2O2S. The van der Waals surface area contributed by atoms with E-state index in [4.69, 9.17) is 17.3 Å². The Bertz CT molecular complexity index is 423. The fraction of sp³-hybridized carbons (Fsp3) is 0.200. The highest BCUT2D eigenvalue weighted by Gasteiger charge is 2.09. The highest BCUT2D eigenvalue weighted by molar-refractivity contribution is 7.80. The second-order valence-electron chi connectivity index (χ2n) is 3.13. The maximum absolute atomic E-state index is 11.6. The number of rotatable bonds is 4. The van der Waals surface area contributed by atoms with Crippen molar-refractivity contribution in [2.45, 2.75) is 11.3 Å². The van der Waals surface area contributed by atoms with E-state index in [9.17, 15) is 9.59 Å². The molecule has 3 N–H and O–H groups in total. The number of carbonyl (C=O) groups excluding carboxylic acids is 2. The molecule has 0 aromatic heterocycles. The van der Waals surface area contributed by atoms with Gasteiger partial charge in [0.1, 0.15) is 0 Å². The zero-order chi connectivity index (χ0) is 12.1. The van der Waals surface area contributed by atoms with Crippen molar-refractivity contribution in [1.29, 1.82) is 0 Å². The van der Waals surface area contributed by atoms with Gasteiger partial charge in [0.2, 0.25) is 5.91 Å². The Labute approximate surface area is 104 Å². The summed E-state index contributed by atoms with van der Waals surface area (Å²) in [5.74, 6) is -0.759. The molecule has 0 aliphatic heterocycles. The van der Waals surface area contributed by atoms with Crippen LogP contribution in [0, 0.1) is 0 Å². The Kier molecular flexibility index (Phi) is 4.64. The standard InChI is InChI=1S/C10H11ClN2O2S/c11-6-1-2-7(8(16)5-6)10(15)13-4-3-9(12)14/h1-2,5,16H,3-4H2,(H2,12,14)(H,13,15). The van der Waals surface area contributed by atoms with Gasteiger partial charge in [-0.2, -0.15) is 0 Å². The maximum Gasteiger partial charge on any atom is 0.252 e. The van der Waals surface area contributed by atoms with E-state index in [2.05, 4.69) is 17.9 Å². The van der Waals surface area contributed by atoms with Crippen molar-refractivity contribution in [2.75, 3.05) is 6.54 Å². The summed E-state index contributed by atoms with van der Waals surface area (Å²) in [6.07, 6.45) is 0.112. The van der Waals surface area contributed by atoms with Crippen molar-refractivity contribution in [2.24, 2.45) is 5.73 Å². The third kappa shape index (κ3) is 3.75. The van der Waals surface area contributed by atoms with Gasteiger partial charge in [-0.3, -0.25) is 9.59 Å². The van der Waals surface area contributed by atoms with E-state index in [1.165, 1.54) is 0 Å². The van der Waals surface area contributed by atoms with Crippen LogP contribution in [0.4, 0.5) is 0 Å². The Morgan fingerprint density at radius 2 is 2.12 bits per heavy atom. The molecule has 4 nitrogen and oxygen atoms in total. The van der Waals surface area contributed by atoms with Crippen LogP contribution in [0.1, 0.15) is 16.8 Å². The zero-order valence-electron chi connectivity index (χ0n) is 8.37. The van der Waals surface area contributed by atoms with Crippen LogP contribution in [0.5, 0.6) is 0 Å². The highest BCUT2D eigenvalue weighted by Crippen LogP contribution is 2.19. The average Bonchev–Trinajstić information content (AvgIpc) is 2.16. The van der Waals surface area contributed by atoms with Gasteiger partial charge in [-0.25, -0.2) is 0 Å². The van der Waals surface area contributed by atoms with E-state index in [0.29, 0.717) is 15.5 Å². The summed E-state index contributed by atoms with van der Waals surface area (Å²) in [5, 5.41) is 3.07. The van der Waals surface area contributed by atoms with Gasteiger partial charge in [-0.15, -0.1) is 12.6 Å². The van der Waals surface area contributed by atoms with Crippen molar-refractivity contribution in [3.05, 3.63) is 28.8 Å². The fourth-order valence-electron chi connectivity index (χ4n) is 1.09. The van der Waals surface area contributed by atoms with Crippen LogP contribution >= 0.6 is 24.2 Å². The molecule has 1 aromatic carbocycles. The quantitative estimate of drug-likeness (QED) is 0.711. The zero-order valence-corrected chi connectivity index (χ0v) is 10.0. The largest absolute Gasteiger partial charge is 0.370 e. The molecule has 0 aliphatic rings. The summed E-state index contributed by atoms with van der Waals surface area (Å²) < 4.78 is 0. The molecule has 86 valence electrons. The van der Waals surface area contributed by atoms with E-state index < -0.39 is 5.91 Å². The van der Waals surface area contributed by atoms with Gasteiger partial charge in [0.05, 0.1) is 5.56 Å². The Morgan fingerprint density at radius 3 is 2.69 bits per heavy atom. The lowest BCUT2D eigenvalue weighted by molar-refractivity contribution is -0.117. The Morgan fingerprint density at radius 1 is 1.44 bits per heavy atom. The van der Waals surface area contributed by atoms with E-state index in [1.54, 1.807) is 18.2 Å². The molecule has 0 radical (unpaired) electrons. The molecule has 1 rings (SSSR count). The van der Waals surface area contributed by atoms with Crippen molar-refractivity contribution in [3.63, 3.8) is 0 Å². The van der Waals surface area contributed by atoms with Crippen LogP contribution in [-0.4, -0.2) is 18.4 Å². The molecule has 0 atom stereocenters. The lowest BCUT2D eigenvalue weighted by Crippen LogP contribution is -2.28. The number of hydrogen-bond donors (Lipinski definition) is 3. The molecule has 16 heavy (non-hydrogen) atoms. The van der Waals surface area contributed by atoms with Crippen LogP contribution < -0.4 is 11.1 Å². The molecule has 1 aromatic rings. The summed E-state index contributed by atoms with van der Waals surface area (Å²) in [7, 11) is 0. The smallest absolute Gasteiger partial charge is 0.252 e. The lowest BCUT2D eigenvalue weighted by atomic mass is 10.2. The van der Waals surface area contributed by atoms with Gasteiger partial charge in [0.15, 0.2) is 0 Å². The average molecular weight is 259 g/mol. The summed E-state index contributed by atoms with van der Waals surface area (Å²) in [5.41, 5.74) is 5.36. The number of halogens is 1. The number of benzene rings is 1. The summed E-state index contributed by atoms with van der Waals surface area (Å²) in [4.78, 5) is 22.6. The molecule has 0 fully saturated rings. The molecule has 0 aliphatic carbocycles. The van der Waals surface area contributed by atoms with Gasteiger partial charge < -0.3 is 11.1 Å². The minimum atomic E-state index is -0.456. The van der Waals surface area contributed by atoms with Crippen molar-refractivity contribution in [1.82, 2.24) is 5.32 Å². The van der Waals surface area contributed by atoms with Crippen LogP contribution in [0.15, 0.2) is 23.1 Å². The molecule has 0 heterocycles. The first kappa shape index (κ1) is 12.9. The highest BCUT2D eigenvalue weighted by atomic mass is 35.5. The summed E-state index contributed by atoms with van der Waals surface area (Å²) >= 11 is 9.86. The van der Waals surface area contributed by atoms with Crippen LogP contribution in [-0.2, 0) is 4.79 Å². The minimum Gasteiger partial charge on any atom is -0.370 e. The minimum absolute atomic E-state index is 0.112. The molecule has 2 amide bonds. The van der Waals surface area contributed by atoms with E-state index in [1.807, 2.05) is 0 Å². The van der Waals surface area contributed by atoms with Crippen LogP contribution in [0.3, 0.4) is 0 Å². The van der Waals surface area contributed by atoms with Crippen molar-refractivity contribution in [3.8, 4) is 0 Å². The number of hydrogen-bond acceptors (Lipinski definition) is 3. The number of nitrogens with two attached hydrogens (primary N) is 1. The van der Waals surface area contributed by atoms with Crippen LogP contribution in [0.25, 0.3) is 0 Å². The van der Waals surface area contributed by atoms with Gasteiger partial charge >= 0.3 is 0 Å². The first-order chi connectivity index (χ1) is 7.50. The maximum atomic E-state index is 11.6. The SMILES string of the molecule is NC(=O)CCNC(=O)c1ccc(Cl)cc1S. The number of carbonyl (C=O) groups is 2. The summed E-state index contributed by atoms with van der Waals surface area (Å²) in [6, 6.07) is 4.75. The number of thiol groups is 1. The topological polar surface area (TPSA) is 72.2 Å². The monoisotopic (exact) mass is 258 g/mol. The number of primary amides is 1. The summed E-state index contributed by atoms with van der Waals surface area (Å²) in [6.45, 7) is 0.212. The first-order valence-corrected chi connectivity index (χ1v) is 5.38. The van der Waals surface area contributed by atoms with Gasteiger partial charge in [-0.05, 0) is 18.2 Å². The van der Waals surface area contributed by atoms with E-state index in [0.717, 1.165) is 0 Å². The number of nitrogens with one attached hydrogen (secondary N) is 1. The predicted octanol–water partition coefficient (Wildman–Crippen LogP) is 1.23. The van der Waals surface area contributed by atoms with E-state index >= 15 is 0 Å². The second kappa shape index (κ2) is 5.77. The molecule has 0 saturated heterocycles. The van der Waals surface area contributed by atoms with Crippen molar-refractivity contribution >= 4 is 36.0 Å². The molecule has 0 saturated carbocycles. The second-order valence-corrected chi connectivity index (χ2v) is 4.05.